The van der Waals surface area contributed by atoms with Crippen molar-refractivity contribution in [3.63, 3.8) is 0 Å². The molecule has 0 bridgehead atoms. The molecule has 0 aliphatic carbocycles. The number of carboxylic acid groups (broad SMARTS) is 1. The van der Waals surface area contributed by atoms with Gasteiger partial charge in [0.25, 0.3) is 0 Å². The number of carbonyl (C=O) groups is 5. The molecule has 0 saturated carbocycles. The van der Waals surface area contributed by atoms with Crippen molar-refractivity contribution in [2.75, 3.05) is 6.54 Å². The minimum absolute atomic E-state index is 0.0350. The van der Waals surface area contributed by atoms with Crippen molar-refractivity contribution >= 4 is 29.6 Å². The van der Waals surface area contributed by atoms with Crippen LogP contribution < -0.4 is 33.2 Å². The first-order chi connectivity index (χ1) is 19.6. The summed E-state index contributed by atoms with van der Waals surface area (Å²) in [5.41, 5.74) is 18.1. The molecule has 12 nitrogen and oxygen atoms in total. The first kappa shape index (κ1) is 32.9. The number of amides is 4. The number of carboxylic acids is 1. The van der Waals surface area contributed by atoms with E-state index in [0.717, 1.165) is 0 Å². The molecule has 0 aliphatic rings. The number of hydrogen-bond acceptors (Lipinski definition) is 7. The van der Waals surface area contributed by atoms with E-state index in [2.05, 4.69) is 16.0 Å². The molecule has 222 valence electrons. The molecule has 0 heterocycles. The maximum atomic E-state index is 13.4. The molecule has 0 fully saturated rings. The maximum absolute atomic E-state index is 13.4. The summed E-state index contributed by atoms with van der Waals surface area (Å²) in [6.45, 7) is 0.455. The third kappa shape index (κ3) is 12.2. The average Bonchev–Trinajstić information content (AvgIpc) is 2.95. The Bertz CT molecular complexity index is 1150. The van der Waals surface area contributed by atoms with E-state index in [-0.39, 0.29) is 25.7 Å². The molecular formula is C29H40N6O6. The van der Waals surface area contributed by atoms with Crippen LogP contribution in [-0.4, -0.2) is 65.4 Å². The van der Waals surface area contributed by atoms with Gasteiger partial charge in [-0.15, -0.1) is 0 Å². The van der Waals surface area contributed by atoms with Crippen molar-refractivity contribution in [1.29, 1.82) is 0 Å². The van der Waals surface area contributed by atoms with Gasteiger partial charge in [-0.2, -0.15) is 0 Å². The molecule has 0 radical (unpaired) electrons. The standard InChI is InChI=1S/C29H40N6O6/c30-16-8-7-13-21(31)26(37)33-22(14-15-25(32)36)27(38)34-23(17-19-9-3-1-4-10-19)28(39)35-24(29(40)41)18-20-11-5-2-6-12-20/h1-6,9-12,21-24H,7-8,13-18,30-31H2,(H2,32,36)(H,33,37)(H,34,38)(H,35,39)(H,40,41). The molecule has 41 heavy (non-hydrogen) atoms. The van der Waals surface area contributed by atoms with E-state index >= 15 is 0 Å². The lowest BCUT2D eigenvalue weighted by Gasteiger charge is -2.25. The van der Waals surface area contributed by atoms with E-state index < -0.39 is 53.8 Å². The molecule has 10 N–H and O–H groups in total. The largest absolute Gasteiger partial charge is 0.480 e. The number of primary amides is 1. The lowest BCUT2D eigenvalue weighted by molar-refractivity contribution is -0.142. The quantitative estimate of drug-likeness (QED) is 0.118. The van der Waals surface area contributed by atoms with Crippen LogP contribution in [0.1, 0.15) is 43.2 Å². The Kier molecular flexibility index (Phi) is 14.0. The van der Waals surface area contributed by atoms with Crippen LogP contribution in [0.15, 0.2) is 60.7 Å². The van der Waals surface area contributed by atoms with Gasteiger partial charge in [-0.3, -0.25) is 19.2 Å². The van der Waals surface area contributed by atoms with Crippen molar-refractivity contribution in [2.45, 2.75) is 69.1 Å². The van der Waals surface area contributed by atoms with Gasteiger partial charge in [0, 0.05) is 19.3 Å². The molecule has 2 aromatic carbocycles. The number of carbonyl (C=O) groups excluding carboxylic acids is 4. The minimum Gasteiger partial charge on any atom is -0.480 e. The number of rotatable bonds is 18. The molecule has 2 rings (SSSR count). The van der Waals surface area contributed by atoms with Crippen molar-refractivity contribution in [1.82, 2.24) is 16.0 Å². The first-order valence-corrected chi connectivity index (χ1v) is 13.6. The molecule has 0 saturated heterocycles. The average molecular weight is 569 g/mol. The molecule has 4 amide bonds. The number of unbranched alkanes of at least 4 members (excludes halogenated alkanes) is 1. The van der Waals surface area contributed by atoms with Crippen LogP contribution in [0.3, 0.4) is 0 Å². The number of benzene rings is 2. The van der Waals surface area contributed by atoms with Crippen molar-refractivity contribution in [3.8, 4) is 0 Å². The van der Waals surface area contributed by atoms with E-state index in [1.807, 2.05) is 0 Å². The van der Waals surface area contributed by atoms with Gasteiger partial charge in [-0.25, -0.2) is 4.79 Å². The molecule has 4 atom stereocenters. The summed E-state index contributed by atoms with van der Waals surface area (Å²) in [7, 11) is 0. The summed E-state index contributed by atoms with van der Waals surface area (Å²) in [6, 6.07) is 13.1. The molecule has 0 spiro atoms. The van der Waals surface area contributed by atoms with Gasteiger partial charge in [-0.1, -0.05) is 67.1 Å². The second-order valence-electron chi connectivity index (χ2n) is 9.80. The zero-order valence-corrected chi connectivity index (χ0v) is 23.0. The highest BCUT2D eigenvalue weighted by Gasteiger charge is 2.30. The molecule has 12 heteroatoms. The van der Waals surface area contributed by atoms with E-state index in [0.29, 0.717) is 36.9 Å². The molecule has 0 aliphatic heterocycles. The van der Waals surface area contributed by atoms with Crippen LogP contribution in [0, 0.1) is 0 Å². The zero-order chi connectivity index (χ0) is 30.2. The number of nitrogens with two attached hydrogens (primary N) is 3. The van der Waals surface area contributed by atoms with Crippen molar-refractivity contribution in [2.24, 2.45) is 17.2 Å². The Balaban J connectivity index is 2.22. The number of aliphatic carboxylic acids is 1. The summed E-state index contributed by atoms with van der Waals surface area (Å²) in [6.07, 6.45) is 1.42. The van der Waals surface area contributed by atoms with E-state index in [4.69, 9.17) is 17.2 Å². The van der Waals surface area contributed by atoms with Crippen LogP contribution in [-0.2, 0) is 36.8 Å². The fourth-order valence-electron chi connectivity index (χ4n) is 4.13. The van der Waals surface area contributed by atoms with E-state index in [1.165, 1.54) is 0 Å². The predicted octanol–water partition coefficient (Wildman–Crippen LogP) is -0.267. The van der Waals surface area contributed by atoms with Crippen molar-refractivity contribution < 1.29 is 29.1 Å². The second kappa shape index (κ2) is 17.4. The van der Waals surface area contributed by atoms with Crippen LogP contribution in [0.5, 0.6) is 0 Å². The highest BCUT2D eigenvalue weighted by molar-refractivity contribution is 5.94. The second-order valence-corrected chi connectivity index (χ2v) is 9.80. The van der Waals surface area contributed by atoms with Crippen LogP contribution in [0.2, 0.25) is 0 Å². The summed E-state index contributed by atoms with van der Waals surface area (Å²) in [5, 5.41) is 17.5. The number of hydrogen-bond donors (Lipinski definition) is 7. The SMILES string of the molecule is NCCCCC(N)C(=O)NC(CCC(N)=O)C(=O)NC(Cc1ccccc1)C(=O)NC(Cc1ccccc1)C(=O)O. The Morgan fingerprint density at radius 3 is 1.68 bits per heavy atom. The zero-order valence-electron chi connectivity index (χ0n) is 23.0. The lowest BCUT2D eigenvalue weighted by atomic mass is 10.0. The molecule has 0 aromatic heterocycles. The highest BCUT2D eigenvalue weighted by Crippen LogP contribution is 2.09. The Labute approximate surface area is 239 Å². The lowest BCUT2D eigenvalue weighted by Crippen LogP contribution is -2.58. The summed E-state index contributed by atoms with van der Waals surface area (Å²) >= 11 is 0. The highest BCUT2D eigenvalue weighted by atomic mass is 16.4. The van der Waals surface area contributed by atoms with Crippen LogP contribution in [0.4, 0.5) is 0 Å². The normalized spacial score (nSPS) is 13.7. The fourth-order valence-corrected chi connectivity index (χ4v) is 4.13. The maximum Gasteiger partial charge on any atom is 0.326 e. The Morgan fingerprint density at radius 1 is 0.683 bits per heavy atom. The Morgan fingerprint density at radius 2 is 1.17 bits per heavy atom. The Hall–Kier alpha value is -4.29. The van der Waals surface area contributed by atoms with E-state index in [9.17, 15) is 29.1 Å². The summed E-state index contributed by atoms with van der Waals surface area (Å²) in [5.74, 6) is -3.96. The summed E-state index contributed by atoms with van der Waals surface area (Å²) < 4.78 is 0. The van der Waals surface area contributed by atoms with Gasteiger partial charge in [0.15, 0.2) is 0 Å². The van der Waals surface area contributed by atoms with Gasteiger partial charge in [0.05, 0.1) is 6.04 Å². The number of nitrogens with one attached hydrogen (secondary N) is 3. The predicted molar refractivity (Wildman–Crippen MR) is 153 cm³/mol. The molecule has 2 aromatic rings. The topological polar surface area (TPSA) is 220 Å². The van der Waals surface area contributed by atoms with Crippen LogP contribution >= 0.6 is 0 Å². The first-order valence-electron chi connectivity index (χ1n) is 13.6. The van der Waals surface area contributed by atoms with E-state index in [1.54, 1.807) is 60.7 Å². The third-order valence-corrected chi connectivity index (χ3v) is 6.43. The van der Waals surface area contributed by atoms with Gasteiger partial charge in [-0.05, 0) is 36.9 Å². The molecular weight excluding hydrogens is 528 g/mol. The monoisotopic (exact) mass is 568 g/mol. The third-order valence-electron chi connectivity index (χ3n) is 6.43. The van der Waals surface area contributed by atoms with Gasteiger partial charge in [0.1, 0.15) is 18.1 Å². The van der Waals surface area contributed by atoms with Crippen molar-refractivity contribution in [3.05, 3.63) is 71.8 Å². The van der Waals surface area contributed by atoms with Gasteiger partial charge >= 0.3 is 5.97 Å². The smallest absolute Gasteiger partial charge is 0.326 e. The van der Waals surface area contributed by atoms with Crippen LogP contribution in [0.25, 0.3) is 0 Å². The summed E-state index contributed by atoms with van der Waals surface area (Å²) in [4.78, 5) is 62.8. The fraction of sp³-hybridized carbons (Fsp3) is 0.414. The minimum atomic E-state index is -1.25. The van der Waals surface area contributed by atoms with Gasteiger partial charge in [0.2, 0.25) is 23.6 Å². The molecule has 4 unspecified atom stereocenters. The van der Waals surface area contributed by atoms with Gasteiger partial charge < -0.3 is 38.3 Å².